The van der Waals surface area contributed by atoms with Crippen LogP contribution in [0, 0.1) is 0 Å². The molecule has 0 saturated carbocycles. The number of carbonyl (C=O) groups is 2. The van der Waals surface area contributed by atoms with Crippen molar-refractivity contribution in [3.8, 4) is 23.0 Å². The van der Waals surface area contributed by atoms with E-state index in [1.807, 2.05) is 30.3 Å². The Balaban J connectivity index is 1.48. The minimum Gasteiger partial charge on any atom is -0.504 e. The van der Waals surface area contributed by atoms with Gasteiger partial charge < -0.3 is 19.3 Å². The highest BCUT2D eigenvalue weighted by Gasteiger charge is 2.39. The highest BCUT2D eigenvalue weighted by molar-refractivity contribution is 6.15. The van der Waals surface area contributed by atoms with E-state index in [1.54, 1.807) is 36.5 Å². The molecule has 7 nitrogen and oxygen atoms in total. The quantitative estimate of drug-likeness (QED) is 0.258. The number of phenols is 1. The largest absolute Gasteiger partial charge is 0.504 e. The van der Waals surface area contributed by atoms with E-state index in [1.165, 1.54) is 13.2 Å². The van der Waals surface area contributed by atoms with Crippen LogP contribution in [0.25, 0.3) is 17.0 Å². The minimum absolute atomic E-state index is 0.0428. The van der Waals surface area contributed by atoms with Gasteiger partial charge in [0.2, 0.25) is 5.78 Å². The minimum atomic E-state index is -0.369. The van der Waals surface area contributed by atoms with Crippen molar-refractivity contribution >= 4 is 28.7 Å². The second-order valence-electron chi connectivity index (χ2n) is 8.37. The summed E-state index contributed by atoms with van der Waals surface area (Å²) < 4.78 is 16.7. The van der Waals surface area contributed by atoms with Crippen molar-refractivity contribution in [2.45, 2.75) is 12.3 Å². The zero-order valence-corrected chi connectivity index (χ0v) is 18.6. The fourth-order valence-electron chi connectivity index (χ4n) is 4.74. The molecule has 35 heavy (non-hydrogen) atoms. The van der Waals surface area contributed by atoms with Gasteiger partial charge in [0, 0.05) is 23.1 Å². The number of benzene rings is 3. The molecular weight excluding hydrogens is 446 g/mol. The number of aromatic hydroxyl groups is 1. The third-order valence-corrected chi connectivity index (χ3v) is 6.34. The average molecular weight is 465 g/mol. The van der Waals surface area contributed by atoms with E-state index in [-0.39, 0.29) is 35.6 Å². The van der Waals surface area contributed by atoms with Gasteiger partial charge in [-0.25, -0.2) is 0 Å². The molecule has 0 amide bonds. The number of para-hydroxylation sites is 1. The van der Waals surface area contributed by atoms with Crippen molar-refractivity contribution < 1.29 is 28.9 Å². The van der Waals surface area contributed by atoms with Crippen molar-refractivity contribution in [3.63, 3.8) is 0 Å². The van der Waals surface area contributed by atoms with Crippen LogP contribution in [-0.4, -0.2) is 29.0 Å². The maximum atomic E-state index is 13.2. The smallest absolute Gasteiger partial charge is 0.312 e. The first kappa shape index (κ1) is 20.9. The highest BCUT2D eigenvalue weighted by atomic mass is 16.5. The Hall–Kier alpha value is -4.65. The number of ether oxygens (including phenoxy) is 3. The van der Waals surface area contributed by atoms with Crippen LogP contribution in [0.5, 0.6) is 23.0 Å². The standard InChI is InChI=1S/C28H19NO6/c1-33-22-8-6-15(12-21(22)30)13-24-27(32)18-7-9-23-26(28(18)35-24)19(14-25(31)34-23)16-10-11-29-20-5-3-2-4-17(16)20/h2-13,19,30H,14H2,1H3/b24-13-. The summed E-state index contributed by atoms with van der Waals surface area (Å²) in [5, 5.41) is 11.0. The predicted octanol–water partition coefficient (Wildman–Crippen LogP) is 5.01. The predicted molar refractivity (Wildman–Crippen MR) is 128 cm³/mol. The first-order chi connectivity index (χ1) is 17.0. The fraction of sp³-hybridized carbons (Fsp3) is 0.107. The second-order valence-corrected chi connectivity index (χ2v) is 8.37. The van der Waals surface area contributed by atoms with Crippen LogP contribution >= 0.6 is 0 Å². The molecule has 2 aliphatic heterocycles. The van der Waals surface area contributed by atoms with Crippen molar-refractivity contribution in [1.82, 2.24) is 4.98 Å². The number of carbonyl (C=O) groups excluding carboxylic acids is 2. The van der Waals surface area contributed by atoms with Crippen LogP contribution in [-0.2, 0) is 4.79 Å². The number of fused-ring (bicyclic) bond motifs is 4. The maximum Gasteiger partial charge on any atom is 0.312 e. The molecule has 4 aromatic rings. The van der Waals surface area contributed by atoms with Crippen LogP contribution in [0.2, 0.25) is 0 Å². The van der Waals surface area contributed by atoms with Crippen molar-refractivity contribution in [3.05, 3.63) is 94.9 Å². The Bertz CT molecular complexity index is 1570. The lowest BCUT2D eigenvalue weighted by atomic mass is 9.83. The number of aromatic nitrogens is 1. The molecule has 0 fully saturated rings. The average Bonchev–Trinajstić information content (AvgIpc) is 3.18. The number of methoxy groups -OCH3 is 1. The lowest BCUT2D eigenvalue weighted by Crippen LogP contribution is -2.21. The number of hydrogen-bond donors (Lipinski definition) is 1. The van der Waals surface area contributed by atoms with E-state index in [0.29, 0.717) is 33.9 Å². The summed E-state index contributed by atoms with van der Waals surface area (Å²) in [6, 6.07) is 17.7. The number of nitrogens with zero attached hydrogens (tertiary/aromatic N) is 1. The van der Waals surface area contributed by atoms with Crippen LogP contribution in [0.4, 0.5) is 0 Å². The van der Waals surface area contributed by atoms with Crippen LogP contribution in [0.3, 0.4) is 0 Å². The molecule has 1 N–H and O–H groups in total. The third kappa shape index (κ3) is 3.40. The number of phenolic OH excluding ortho intramolecular Hbond substituents is 1. The molecule has 0 spiro atoms. The van der Waals surface area contributed by atoms with E-state index >= 15 is 0 Å². The molecule has 3 aromatic carbocycles. The molecule has 0 radical (unpaired) electrons. The summed E-state index contributed by atoms with van der Waals surface area (Å²) in [4.78, 5) is 30.2. The van der Waals surface area contributed by atoms with E-state index in [9.17, 15) is 14.7 Å². The number of pyridine rings is 1. The zero-order chi connectivity index (χ0) is 24.1. The van der Waals surface area contributed by atoms with E-state index < -0.39 is 0 Å². The number of hydrogen-bond acceptors (Lipinski definition) is 7. The van der Waals surface area contributed by atoms with Crippen LogP contribution < -0.4 is 14.2 Å². The van der Waals surface area contributed by atoms with Gasteiger partial charge in [0.05, 0.1) is 24.6 Å². The summed E-state index contributed by atoms with van der Waals surface area (Å²) >= 11 is 0. The summed E-state index contributed by atoms with van der Waals surface area (Å²) in [5.74, 6) is 0.165. The fourth-order valence-corrected chi connectivity index (χ4v) is 4.74. The monoisotopic (exact) mass is 465 g/mol. The van der Waals surface area contributed by atoms with Gasteiger partial charge in [-0.05, 0) is 53.6 Å². The summed E-state index contributed by atoms with van der Waals surface area (Å²) in [5.41, 5.74) is 3.36. The molecular formula is C28H19NO6. The Kier molecular flexibility index (Phi) is 4.77. The first-order valence-corrected chi connectivity index (χ1v) is 11.1. The topological polar surface area (TPSA) is 95.0 Å². The van der Waals surface area contributed by atoms with Crippen molar-refractivity contribution in [2.75, 3.05) is 7.11 Å². The number of ketones is 1. The molecule has 7 heteroatoms. The maximum absolute atomic E-state index is 13.2. The number of Topliss-reactive ketones (excluding diaryl/α,β-unsaturated/α-hetero) is 1. The first-order valence-electron chi connectivity index (χ1n) is 11.1. The van der Waals surface area contributed by atoms with Gasteiger partial charge in [-0.3, -0.25) is 14.6 Å². The zero-order valence-electron chi connectivity index (χ0n) is 18.6. The van der Waals surface area contributed by atoms with E-state index in [4.69, 9.17) is 14.2 Å². The van der Waals surface area contributed by atoms with Gasteiger partial charge in [-0.15, -0.1) is 0 Å². The lowest BCUT2D eigenvalue weighted by molar-refractivity contribution is -0.135. The normalized spacial score (nSPS) is 17.6. The number of allylic oxidation sites excluding steroid dienone is 1. The Labute approximate surface area is 200 Å². The molecule has 1 aromatic heterocycles. The van der Waals surface area contributed by atoms with Crippen molar-refractivity contribution in [1.29, 1.82) is 0 Å². The van der Waals surface area contributed by atoms with Gasteiger partial charge in [-0.2, -0.15) is 0 Å². The molecule has 172 valence electrons. The number of rotatable bonds is 3. The SMILES string of the molecule is COc1ccc(/C=C2\Oc3c(ccc4c3C(c3ccnc5ccccc35)CC(=O)O4)C2=O)cc1O. The lowest BCUT2D eigenvalue weighted by Gasteiger charge is -2.27. The molecule has 1 unspecified atom stereocenters. The Morgan fingerprint density at radius 3 is 2.74 bits per heavy atom. The third-order valence-electron chi connectivity index (χ3n) is 6.34. The molecule has 0 saturated heterocycles. The summed E-state index contributed by atoms with van der Waals surface area (Å²) in [6.07, 6.45) is 3.40. The van der Waals surface area contributed by atoms with E-state index in [0.717, 1.165) is 16.5 Å². The van der Waals surface area contributed by atoms with Crippen LogP contribution in [0.15, 0.2) is 72.6 Å². The number of esters is 1. The Morgan fingerprint density at radius 2 is 1.91 bits per heavy atom. The molecule has 0 aliphatic carbocycles. The van der Waals surface area contributed by atoms with Gasteiger partial charge in [0.1, 0.15) is 11.5 Å². The van der Waals surface area contributed by atoms with Crippen LogP contribution in [0.1, 0.15) is 39.4 Å². The molecule has 2 aliphatic rings. The summed E-state index contributed by atoms with van der Waals surface area (Å²) in [6.45, 7) is 0. The Morgan fingerprint density at radius 1 is 1.06 bits per heavy atom. The van der Waals surface area contributed by atoms with Gasteiger partial charge in [-0.1, -0.05) is 24.3 Å². The summed E-state index contributed by atoms with van der Waals surface area (Å²) in [7, 11) is 1.46. The highest BCUT2D eigenvalue weighted by Crippen LogP contribution is 2.49. The second kappa shape index (κ2) is 7.99. The van der Waals surface area contributed by atoms with Gasteiger partial charge in [0.25, 0.3) is 0 Å². The van der Waals surface area contributed by atoms with Gasteiger partial charge in [0.15, 0.2) is 17.3 Å². The van der Waals surface area contributed by atoms with E-state index in [2.05, 4.69) is 4.98 Å². The van der Waals surface area contributed by atoms with Crippen molar-refractivity contribution in [2.24, 2.45) is 0 Å². The molecule has 6 rings (SSSR count). The van der Waals surface area contributed by atoms with Gasteiger partial charge >= 0.3 is 5.97 Å². The molecule has 3 heterocycles. The molecule has 1 atom stereocenters. The molecule has 0 bridgehead atoms.